The van der Waals surface area contributed by atoms with E-state index in [0.29, 0.717) is 50.0 Å². The van der Waals surface area contributed by atoms with Crippen LogP contribution in [0.4, 0.5) is 0 Å². The maximum absolute atomic E-state index is 14.1. The SMILES string of the molecule is CCOC(=O)C1=C(C)N=c2s/c(=C\c3c(OCC)ccc4ccccc34)c(=O)n2C1c1ccc(OC)c(OC)c1. The molecule has 0 saturated carbocycles. The van der Waals surface area contributed by atoms with Gasteiger partial charge in [0, 0.05) is 5.56 Å². The molecule has 2 heterocycles. The Balaban J connectivity index is 1.78. The monoisotopic (exact) mass is 558 g/mol. The largest absolute Gasteiger partial charge is 0.493 e. The lowest BCUT2D eigenvalue weighted by Crippen LogP contribution is -2.40. The average Bonchev–Trinajstić information content (AvgIpc) is 3.27. The summed E-state index contributed by atoms with van der Waals surface area (Å²) in [6.45, 7) is 6.11. The minimum Gasteiger partial charge on any atom is -0.493 e. The number of benzene rings is 3. The van der Waals surface area contributed by atoms with Crippen LogP contribution in [-0.2, 0) is 9.53 Å². The lowest BCUT2D eigenvalue weighted by atomic mass is 9.95. The van der Waals surface area contributed by atoms with E-state index in [-0.39, 0.29) is 12.2 Å². The highest BCUT2D eigenvalue weighted by Crippen LogP contribution is 2.36. The maximum atomic E-state index is 14.1. The Bertz CT molecular complexity index is 1820. The van der Waals surface area contributed by atoms with Gasteiger partial charge in [0.05, 0.1) is 49.3 Å². The molecule has 4 aromatic rings. The predicted octanol–water partition coefficient (Wildman–Crippen LogP) is 4.37. The first-order chi connectivity index (χ1) is 19.4. The summed E-state index contributed by atoms with van der Waals surface area (Å²) >= 11 is 1.27. The zero-order chi connectivity index (χ0) is 28.4. The summed E-state index contributed by atoms with van der Waals surface area (Å²) in [5.41, 5.74) is 2.00. The average molecular weight is 559 g/mol. The number of hydrogen-bond donors (Lipinski definition) is 0. The highest BCUT2D eigenvalue weighted by atomic mass is 32.1. The number of carbonyl (C=O) groups is 1. The molecule has 0 radical (unpaired) electrons. The topological polar surface area (TPSA) is 88.4 Å². The van der Waals surface area contributed by atoms with Crippen LogP contribution in [0.3, 0.4) is 0 Å². The number of hydrogen-bond acceptors (Lipinski definition) is 8. The Morgan fingerprint density at radius 3 is 2.48 bits per heavy atom. The van der Waals surface area contributed by atoms with E-state index < -0.39 is 12.0 Å². The quantitative estimate of drug-likeness (QED) is 0.299. The van der Waals surface area contributed by atoms with Crippen LogP contribution in [0.15, 0.2) is 75.7 Å². The number of ether oxygens (including phenoxy) is 4. The second kappa shape index (κ2) is 11.4. The van der Waals surface area contributed by atoms with Crippen LogP contribution < -0.4 is 29.1 Å². The van der Waals surface area contributed by atoms with E-state index >= 15 is 0 Å². The number of nitrogens with zero attached hydrogens (tertiary/aromatic N) is 2. The summed E-state index contributed by atoms with van der Waals surface area (Å²) in [6.07, 6.45) is 1.85. The third-order valence-electron chi connectivity index (χ3n) is 6.75. The first kappa shape index (κ1) is 27.2. The van der Waals surface area contributed by atoms with E-state index in [0.717, 1.165) is 16.3 Å². The van der Waals surface area contributed by atoms with E-state index in [4.69, 9.17) is 18.9 Å². The van der Waals surface area contributed by atoms with Crippen molar-refractivity contribution in [1.82, 2.24) is 4.57 Å². The van der Waals surface area contributed by atoms with Crippen LogP contribution in [0.25, 0.3) is 16.8 Å². The zero-order valence-electron chi connectivity index (χ0n) is 23.0. The number of rotatable bonds is 8. The van der Waals surface area contributed by atoms with Crippen molar-refractivity contribution in [3.63, 3.8) is 0 Å². The number of methoxy groups -OCH3 is 2. The first-order valence-corrected chi connectivity index (χ1v) is 13.8. The Kier molecular flexibility index (Phi) is 7.75. The molecule has 1 aliphatic heterocycles. The van der Waals surface area contributed by atoms with Gasteiger partial charge in [0.15, 0.2) is 16.3 Å². The van der Waals surface area contributed by atoms with Crippen LogP contribution >= 0.6 is 11.3 Å². The second-order valence-corrected chi connectivity index (χ2v) is 10.1. The second-order valence-electron chi connectivity index (χ2n) is 9.05. The molecule has 0 amide bonds. The molecule has 0 bridgehead atoms. The van der Waals surface area contributed by atoms with Gasteiger partial charge in [-0.25, -0.2) is 9.79 Å². The molecule has 9 heteroatoms. The van der Waals surface area contributed by atoms with Crippen molar-refractivity contribution in [3.8, 4) is 17.2 Å². The molecule has 0 fully saturated rings. The normalized spacial score (nSPS) is 15.0. The van der Waals surface area contributed by atoms with Gasteiger partial charge in [-0.15, -0.1) is 0 Å². The van der Waals surface area contributed by atoms with Gasteiger partial charge in [-0.05, 0) is 61.4 Å². The third-order valence-corrected chi connectivity index (χ3v) is 7.73. The smallest absolute Gasteiger partial charge is 0.338 e. The summed E-state index contributed by atoms with van der Waals surface area (Å²) in [6, 6.07) is 16.5. The Hall–Kier alpha value is -4.37. The molecule has 0 N–H and O–H groups in total. The molecule has 1 aromatic heterocycles. The Morgan fingerprint density at radius 1 is 1.00 bits per heavy atom. The number of fused-ring (bicyclic) bond motifs is 2. The lowest BCUT2D eigenvalue weighted by Gasteiger charge is -2.25. The van der Waals surface area contributed by atoms with Gasteiger partial charge >= 0.3 is 5.97 Å². The van der Waals surface area contributed by atoms with Crippen molar-refractivity contribution in [2.45, 2.75) is 26.8 Å². The molecule has 1 unspecified atom stereocenters. The van der Waals surface area contributed by atoms with Crippen LogP contribution in [0.2, 0.25) is 0 Å². The van der Waals surface area contributed by atoms with Crippen molar-refractivity contribution < 1.29 is 23.7 Å². The minimum atomic E-state index is -0.767. The number of aromatic nitrogens is 1. The van der Waals surface area contributed by atoms with E-state index in [9.17, 15) is 9.59 Å². The standard InChI is InChI=1S/C31H30N2O6S/c1-6-38-23-14-12-19-10-8-9-11-21(19)22(23)17-26-29(34)33-28(20-13-15-24(36-4)25(16-20)37-5)27(30(35)39-7-2)18(3)32-31(33)40-26/h8-17,28H,6-7H2,1-5H3/b26-17-. The van der Waals surface area contributed by atoms with Gasteiger partial charge in [-0.2, -0.15) is 0 Å². The van der Waals surface area contributed by atoms with E-state index in [1.807, 2.05) is 55.5 Å². The number of esters is 1. The van der Waals surface area contributed by atoms with E-state index in [2.05, 4.69) is 4.99 Å². The fourth-order valence-electron chi connectivity index (χ4n) is 4.97. The van der Waals surface area contributed by atoms with Gasteiger partial charge in [-0.1, -0.05) is 47.7 Å². The van der Waals surface area contributed by atoms with Crippen molar-refractivity contribution in [3.05, 3.63) is 96.7 Å². The molecule has 1 aliphatic rings. The fourth-order valence-corrected chi connectivity index (χ4v) is 6.00. The molecule has 0 spiro atoms. The minimum absolute atomic E-state index is 0.194. The fraction of sp³-hybridized carbons (Fsp3) is 0.258. The van der Waals surface area contributed by atoms with Crippen LogP contribution in [0, 0.1) is 0 Å². The summed E-state index contributed by atoms with van der Waals surface area (Å²) in [5.74, 6) is 1.19. The predicted molar refractivity (Wildman–Crippen MR) is 155 cm³/mol. The van der Waals surface area contributed by atoms with Crippen molar-refractivity contribution in [1.29, 1.82) is 0 Å². The van der Waals surface area contributed by atoms with E-state index in [1.165, 1.54) is 11.3 Å². The van der Waals surface area contributed by atoms with Gasteiger partial charge in [-0.3, -0.25) is 9.36 Å². The molecule has 1 atom stereocenters. The van der Waals surface area contributed by atoms with Gasteiger partial charge in [0.25, 0.3) is 5.56 Å². The Morgan fingerprint density at radius 2 is 1.75 bits per heavy atom. The first-order valence-electron chi connectivity index (χ1n) is 13.0. The number of thiazole rings is 1. The van der Waals surface area contributed by atoms with Gasteiger partial charge < -0.3 is 18.9 Å². The van der Waals surface area contributed by atoms with Crippen molar-refractivity contribution in [2.24, 2.45) is 4.99 Å². The summed E-state index contributed by atoms with van der Waals surface area (Å²) in [7, 11) is 3.10. The molecule has 0 saturated heterocycles. The summed E-state index contributed by atoms with van der Waals surface area (Å²) in [5, 5.41) is 2.01. The molecule has 0 aliphatic carbocycles. The van der Waals surface area contributed by atoms with Crippen LogP contribution in [0.1, 0.15) is 37.9 Å². The van der Waals surface area contributed by atoms with Gasteiger partial charge in [0.2, 0.25) is 0 Å². The van der Waals surface area contributed by atoms with Crippen molar-refractivity contribution >= 4 is 34.2 Å². The molecular weight excluding hydrogens is 528 g/mol. The number of allylic oxidation sites excluding steroid dienone is 1. The maximum Gasteiger partial charge on any atom is 0.338 e. The van der Waals surface area contributed by atoms with Crippen LogP contribution in [0.5, 0.6) is 17.2 Å². The summed E-state index contributed by atoms with van der Waals surface area (Å²) < 4.78 is 24.3. The molecule has 3 aromatic carbocycles. The summed E-state index contributed by atoms with van der Waals surface area (Å²) in [4.78, 5) is 32.5. The molecule has 40 heavy (non-hydrogen) atoms. The van der Waals surface area contributed by atoms with Crippen LogP contribution in [-0.4, -0.2) is 38.0 Å². The molecule has 206 valence electrons. The molecule has 8 nitrogen and oxygen atoms in total. The van der Waals surface area contributed by atoms with E-state index in [1.54, 1.807) is 44.8 Å². The van der Waals surface area contributed by atoms with Crippen molar-refractivity contribution in [2.75, 3.05) is 27.4 Å². The third kappa shape index (κ3) is 4.77. The highest BCUT2D eigenvalue weighted by Gasteiger charge is 2.34. The van der Waals surface area contributed by atoms with Gasteiger partial charge in [0.1, 0.15) is 5.75 Å². The zero-order valence-corrected chi connectivity index (χ0v) is 23.8. The molecular formula is C31H30N2O6S. The highest BCUT2D eigenvalue weighted by molar-refractivity contribution is 7.07. The molecule has 5 rings (SSSR count). The Labute approximate surface area is 235 Å². The number of carbonyl (C=O) groups excluding carboxylic acids is 1. The lowest BCUT2D eigenvalue weighted by molar-refractivity contribution is -0.139.